The molecule has 0 heterocycles. The molecule has 2 aromatic rings. The van der Waals surface area contributed by atoms with Crippen molar-refractivity contribution in [2.45, 2.75) is 31.9 Å². The zero-order valence-electron chi connectivity index (χ0n) is 17.9. The molecule has 0 aliphatic rings. The Balaban J connectivity index is 0.00000103. The van der Waals surface area contributed by atoms with Crippen LogP contribution >= 0.6 is 0 Å². The molecule has 164 valence electrons. The van der Waals surface area contributed by atoms with Gasteiger partial charge < -0.3 is 15.2 Å². The maximum absolute atomic E-state index is 13.0. The highest BCUT2D eigenvalue weighted by Gasteiger charge is 2.38. The standard InChI is InChI=1S/C22H28FNO2.CH3NO2/c1-21(2,22(3,25)16-23)24-15-7-8-17-11-13-18(14-12-17)19-9-5-6-10-20(19)26-4;3-1-2-4/h5-14,24-25H,15-16H2,1-4H3;1,4H,(H,2,3)/b8-7+;/t22-;/m1./s1. The van der Waals surface area contributed by atoms with Crippen molar-refractivity contribution in [1.29, 1.82) is 0 Å². The third kappa shape index (κ3) is 7.26. The molecule has 2 aromatic carbocycles. The van der Waals surface area contributed by atoms with Gasteiger partial charge in [0.05, 0.1) is 7.11 Å². The van der Waals surface area contributed by atoms with Crippen LogP contribution in [-0.2, 0) is 4.79 Å². The lowest BCUT2D eigenvalue weighted by Crippen LogP contribution is -2.58. The summed E-state index contributed by atoms with van der Waals surface area (Å²) in [6.07, 6.45) is 4.15. The molecule has 2 rings (SSSR count). The smallest absolute Gasteiger partial charge is 0.230 e. The second-order valence-electron chi connectivity index (χ2n) is 7.38. The Labute approximate surface area is 177 Å². The predicted octanol–water partition coefficient (Wildman–Crippen LogP) is 3.59. The molecule has 30 heavy (non-hydrogen) atoms. The molecular formula is C23H31FN2O4. The Kier molecular flexibility index (Phi) is 10.2. The molecule has 1 atom stereocenters. The summed E-state index contributed by atoms with van der Waals surface area (Å²) in [6, 6.07) is 16.1. The van der Waals surface area contributed by atoms with E-state index < -0.39 is 17.8 Å². The Hall–Kier alpha value is -2.74. The summed E-state index contributed by atoms with van der Waals surface area (Å²) in [5.41, 5.74) is 2.34. The van der Waals surface area contributed by atoms with Crippen molar-refractivity contribution >= 4 is 12.5 Å². The number of benzene rings is 2. The molecule has 7 heteroatoms. The molecule has 0 spiro atoms. The van der Waals surface area contributed by atoms with E-state index in [1.807, 2.05) is 48.6 Å². The first-order chi connectivity index (χ1) is 14.2. The van der Waals surface area contributed by atoms with Crippen LogP contribution in [0.1, 0.15) is 26.3 Å². The summed E-state index contributed by atoms with van der Waals surface area (Å²) in [5, 5.41) is 20.5. The van der Waals surface area contributed by atoms with E-state index in [1.54, 1.807) is 21.0 Å². The van der Waals surface area contributed by atoms with Crippen LogP contribution in [0.5, 0.6) is 5.75 Å². The number of hydroxylamine groups is 1. The van der Waals surface area contributed by atoms with E-state index in [9.17, 15) is 9.50 Å². The Bertz CT molecular complexity index is 805. The average molecular weight is 419 g/mol. The summed E-state index contributed by atoms with van der Waals surface area (Å²) < 4.78 is 18.4. The van der Waals surface area contributed by atoms with Crippen molar-refractivity contribution in [1.82, 2.24) is 10.8 Å². The number of amides is 1. The minimum atomic E-state index is -1.41. The van der Waals surface area contributed by atoms with Crippen molar-refractivity contribution in [2.24, 2.45) is 0 Å². The quantitative estimate of drug-likeness (QED) is 0.284. The van der Waals surface area contributed by atoms with E-state index >= 15 is 0 Å². The number of para-hydroxylation sites is 1. The summed E-state index contributed by atoms with van der Waals surface area (Å²) in [7, 11) is 1.67. The van der Waals surface area contributed by atoms with Gasteiger partial charge in [0, 0.05) is 17.6 Å². The van der Waals surface area contributed by atoms with Crippen molar-refractivity contribution in [3.63, 3.8) is 0 Å². The van der Waals surface area contributed by atoms with Gasteiger partial charge in [-0.3, -0.25) is 10.0 Å². The molecule has 0 saturated heterocycles. The van der Waals surface area contributed by atoms with Crippen LogP contribution in [0.25, 0.3) is 17.2 Å². The lowest BCUT2D eigenvalue weighted by Gasteiger charge is -2.38. The number of aliphatic hydroxyl groups is 1. The number of rotatable bonds is 9. The Morgan fingerprint density at radius 1 is 1.10 bits per heavy atom. The van der Waals surface area contributed by atoms with Gasteiger partial charge in [-0.15, -0.1) is 0 Å². The summed E-state index contributed by atoms with van der Waals surface area (Å²) in [4.78, 5) is 8.81. The lowest BCUT2D eigenvalue weighted by molar-refractivity contribution is -0.116. The van der Waals surface area contributed by atoms with E-state index in [4.69, 9.17) is 14.7 Å². The minimum absolute atomic E-state index is 0.181. The topological polar surface area (TPSA) is 90.8 Å². The monoisotopic (exact) mass is 418 g/mol. The second kappa shape index (κ2) is 12.1. The zero-order chi connectivity index (χ0) is 22.6. The average Bonchev–Trinajstić information content (AvgIpc) is 2.77. The fourth-order valence-corrected chi connectivity index (χ4v) is 2.52. The van der Waals surface area contributed by atoms with Gasteiger partial charge in [-0.2, -0.15) is 0 Å². The molecular weight excluding hydrogens is 387 g/mol. The molecule has 0 unspecified atom stereocenters. The van der Waals surface area contributed by atoms with Gasteiger partial charge in [-0.05, 0) is 38.0 Å². The van der Waals surface area contributed by atoms with Gasteiger partial charge in [0.2, 0.25) is 6.41 Å². The first kappa shape index (κ1) is 25.3. The normalized spacial score (nSPS) is 13.2. The fraction of sp³-hybridized carbons (Fsp3) is 0.348. The highest BCUT2D eigenvalue weighted by Crippen LogP contribution is 2.29. The number of carbonyl (C=O) groups excluding carboxylic acids is 1. The van der Waals surface area contributed by atoms with Crippen molar-refractivity contribution in [2.75, 3.05) is 20.3 Å². The van der Waals surface area contributed by atoms with E-state index in [-0.39, 0.29) is 6.41 Å². The Morgan fingerprint density at radius 2 is 1.70 bits per heavy atom. The van der Waals surface area contributed by atoms with Crippen LogP contribution < -0.4 is 15.5 Å². The van der Waals surface area contributed by atoms with Crippen LogP contribution in [0.3, 0.4) is 0 Å². The first-order valence-corrected chi connectivity index (χ1v) is 9.49. The van der Waals surface area contributed by atoms with Gasteiger partial charge in [-0.1, -0.05) is 54.6 Å². The molecule has 0 fully saturated rings. The van der Waals surface area contributed by atoms with Gasteiger partial charge in [-0.25, -0.2) is 9.87 Å². The molecule has 0 aromatic heterocycles. The maximum Gasteiger partial charge on any atom is 0.230 e. The van der Waals surface area contributed by atoms with Crippen LogP contribution in [0.4, 0.5) is 4.39 Å². The number of ether oxygens (including phenoxy) is 1. The fourth-order valence-electron chi connectivity index (χ4n) is 2.52. The number of methoxy groups -OCH3 is 1. The van der Waals surface area contributed by atoms with Crippen molar-refractivity contribution < 1.29 is 24.2 Å². The van der Waals surface area contributed by atoms with Crippen LogP contribution in [0.15, 0.2) is 54.6 Å². The van der Waals surface area contributed by atoms with E-state index in [2.05, 4.69) is 17.4 Å². The molecule has 4 N–H and O–H groups in total. The minimum Gasteiger partial charge on any atom is -0.496 e. The number of alkyl halides is 1. The molecule has 0 aliphatic carbocycles. The molecule has 0 bridgehead atoms. The highest BCUT2D eigenvalue weighted by atomic mass is 19.1. The predicted molar refractivity (Wildman–Crippen MR) is 117 cm³/mol. The van der Waals surface area contributed by atoms with E-state index in [1.165, 1.54) is 12.4 Å². The third-order valence-electron chi connectivity index (χ3n) is 4.96. The van der Waals surface area contributed by atoms with Crippen LogP contribution in [0.2, 0.25) is 0 Å². The number of carbonyl (C=O) groups is 1. The third-order valence-corrected chi connectivity index (χ3v) is 4.96. The lowest BCUT2D eigenvalue weighted by atomic mass is 9.85. The van der Waals surface area contributed by atoms with Crippen molar-refractivity contribution in [3.8, 4) is 16.9 Å². The van der Waals surface area contributed by atoms with Gasteiger partial charge in [0.15, 0.2) is 0 Å². The summed E-state index contributed by atoms with van der Waals surface area (Å²) >= 11 is 0. The van der Waals surface area contributed by atoms with Gasteiger partial charge >= 0.3 is 0 Å². The Morgan fingerprint density at radius 3 is 2.23 bits per heavy atom. The van der Waals surface area contributed by atoms with Crippen molar-refractivity contribution in [3.05, 3.63) is 60.2 Å². The molecule has 0 saturated carbocycles. The van der Waals surface area contributed by atoms with Crippen LogP contribution in [-0.4, -0.2) is 48.2 Å². The second-order valence-corrected chi connectivity index (χ2v) is 7.38. The van der Waals surface area contributed by atoms with Crippen LogP contribution in [0, 0.1) is 0 Å². The number of nitrogens with one attached hydrogen (secondary N) is 2. The summed E-state index contributed by atoms with van der Waals surface area (Å²) in [5.74, 6) is 0.849. The number of halogens is 1. The number of hydrogen-bond acceptors (Lipinski definition) is 5. The first-order valence-electron chi connectivity index (χ1n) is 9.49. The summed E-state index contributed by atoms with van der Waals surface area (Å²) in [6.45, 7) is 4.84. The largest absolute Gasteiger partial charge is 0.496 e. The highest BCUT2D eigenvalue weighted by molar-refractivity contribution is 5.71. The molecule has 0 aliphatic heterocycles. The van der Waals surface area contributed by atoms with Gasteiger partial charge in [0.25, 0.3) is 0 Å². The molecule has 1 amide bonds. The zero-order valence-corrected chi connectivity index (χ0v) is 17.9. The number of hydrogen-bond donors (Lipinski definition) is 4. The maximum atomic E-state index is 13.0. The van der Waals surface area contributed by atoms with E-state index in [0.29, 0.717) is 6.54 Å². The molecule has 0 radical (unpaired) electrons. The van der Waals surface area contributed by atoms with E-state index in [0.717, 1.165) is 22.4 Å². The van der Waals surface area contributed by atoms with Gasteiger partial charge in [0.1, 0.15) is 18.0 Å². The molecule has 6 nitrogen and oxygen atoms in total. The SMILES string of the molecule is COc1ccccc1-c1ccc(/C=C/CNC(C)(C)[C@](C)(O)CF)cc1.O=CNO.